The van der Waals surface area contributed by atoms with Gasteiger partial charge in [-0.25, -0.2) is 0 Å². The summed E-state index contributed by atoms with van der Waals surface area (Å²) in [6.07, 6.45) is 7.33. The van der Waals surface area contributed by atoms with E-state index in [2.05, 4.69) is 19.4 Å². The SMILES string of the molecule is Cc1ccc(S(=O)(=O)Oc2cc(C)c3c(c2C)CCC(C)(CC[S+](C)C)O3)cc1. The van der Waals surface area contributed by atoms with Gasteiger partial charge in [0.05, 0.1) is 12.5 Å². The van der Waals surface area contributed by atoms with Crippen LogP contribution in [0.5, 0.6) is 11.5 Å². The lowest BCUT2D eigenvalue weighted by atomic mass is 9.87. The topological polar surface area (TPSA) is 52.6 Å². The maximum atomic E-state index is 12.7. The van der Waals surface area contributed by atoms with Gasteiger partial charge in [-0.1, -0.05) is 17.7 Å². The number of aryl methyl sites for hydroxylation is 2. The first-order valence-electron chi connectivity index (χ1n) is 9.88. The zero-order valence-electron chi connectivity index (χ0n) is 18.2. The molecule has 1 aliphatic rings. The van der Waals surface area contributed by atoms with E-state index in [0.29, 0.717) is 16.6 Å². The first-order valence-corrected chi connectivity index (χ1v) is 13.5. The van der Waals surface area contributed by atoms with Crippen LogP contribution >= 0.6 is 0 Å². The van der Waals surface area contributed by atoms with E-state index in [9.17, 15) is 8.42 Å². The fourth-order valence-electron chi connectivity index (χ4n) is 3.61. The molecule has 29 heavy (non-hydrogen) atoms. The van der Waals surface area contributed by atoms with E-state index in [1.165, 1.54) is 0 Å². The maximum absolute atomic E-state index is 12.7. The molecule has 0 radical (unpaired) electrons. The third-order valence-corrected chi connectivity index (χ3v) is 7.87. The van der Waals surface area contributed by atoms with Crippen molar-refractivity contribution < 1.29 is 17.3 Å². The standard InChI is InChI=1S/C23H31O4S2/c1-16-7-9-19(10-8-16)29(24,25)27-21-15-17(2)22-20(18(21)3)11-12-23(4,26-22)13-14-28(5)6/h7-10,15H,11-14H2,1-6H3/q+1. The fraction of sp³-hybridized carbons (Fsp3) is 0.478. The largest absolute Gasteiger partial charge is 0.487 e. The van der Waals surface area contributed by atoms with Crippen LogP contribution in [0.15, 0.2) is 35.2 Å². The Kier molecular flexibility index (Phi) is 6.25. The van der Waals surface area contributed by atoms with Gasteiger partial charge in [0.2, 0.25) is 0 Å². The molecule has 0 fully saturated rings. The van der Waals surface area contributed by atoms with Crippen molar-refractivity contribution in [3.05, 3.63) is 52.6 Å². The first kappa shape index (κ1) is 22.0. The molecule has 0 amide bonds. The Balaban J connectivity index is 1.89. The van der Waals surface area contributed by atoms with Gasteiger partial charge in [-0.15, -0.1) is 0 Å². The van der Waals surface area contributed by atoms with Crippen molar-refractivity contribution in [2.24, 2.45) is 0 Å². The van der Waals surface area contributed by atoms with E-state index in [1.807, 2.05) is 20.8 Å². The van der Waals surface area contributed by atoms with Gasteiger partial charge in [0.15, 0.2) is 0 Å². The van der Waals surface area contributed by atoms with Gasteiger partial charge in [-0.2, -0.15) is 8.42 Å². The molecule has 3 rings (SSSR count). The van der Waals surface area contributed by atoms with Gasteiger partial charge in [0, 0.05) is 12.0 Å². The summed E-state index contributed by atoms with van der Waals surface area (Å²) in [5, 5.41) is 0. The molecule has 0 spiro atoms. The van der Waals surface area contributed by atoms with E-state index in [4.69, 9.17) is 8.92 Å². The fourth-order valence-corrected chi connectivity index (χ4v) is 5.43. The lowest BCUT2D eigenvalue weighted by molar-refractivity contribution is 0.0611. The summed E-state index contributed by atoms with van der Waals surface area (Å²) in [6, 6.07) is 8.49. The number of fused-ring (bicyclic) bond motifs is 1. The van der Waals surface area contributed by atoms with Gasteiger partial charge < -0.3 is 8.92 Å². The van der Waals surface area contributed by atoms with E-state index in [-0.39, 0.29) is 10.5 Å². The molecule has 1 atom stereocenters. The summed E-state index contributed by atoms with van der Waals surface area (Å²) in [6.45, 7) is 7.98. The third kappa shape index (κ3) is 4.92. The third-order valence-electron chi connectivity index (χ3n) is 5.60. The number of benzene rings is 2. The zero-order valence-corrected chi connectivity index (χ0v) is 19.8. The smallest absolute Gasteiger partial charge is 0.339 e. The maximum Gasteiger partial charge on any atom is 0.339 e. The molecule has 0 saturated heterocycles. The summed E-state index contributed by atoms with van der Waals surface area (Å²) in [7, 11) is -3.49. The second kappa shape index (κ2) is 8.23. The van der Waals surface area contributed by atoms with Crippen molar-refractivity contribution in [3.63, 3.8) is 0 Å². The van der Waals surface area contributed by atoms with Crippen LogP contribution in [-0.2, 0) is 27.4 Å². The van der Waals surface area contributed by atoms with Crippen molar-refractivity contribution in [2.75, 3.05) is 18.3 Å². The second-order valence-electron chi connectivity index (χ2n) is 8.47. The normalized spacial score (nSPS) is 19.0. The Bertz CT molecular complexity index is 995. The van der Waals surface area contributed by atoms with Crippen molar-refractivity contribution in [1.29, 1.82) is 0 Å². The Labute approximate surface area is 178 Å². The van der Waals surface area contributed by atoms with E-state index < -0.39 is 10.1 Å². The van der Waals surface area contributed by atoms with Crippen LogP contribution in [0.2, 0.25) is 0 Å². The molecule has 1 heterocycles. The summed E-state index contributed by atoms with van der Waals surface area (Å²) in [5.74, 6) is 2.43. The lowest BCUT2D eigenvalue weighted by Gasteiger charge is -2.37. The highest BCUT2D eigenvalue weighted by Crippen LogP contribution is 2.42. The highest BCUT2D eigenvalue weighted by atomic mass is 32.2. The second-order valence-corrected chi connectivity index (χ2v) is 12.4. The van der Waals surface area contributed by atoms with Gasteiger partial charge in [0.1, 0.15) is 27.7 Å². The molecular weight excluding hydrogens is 404 g/mol. The highest BCUT2D eigenvalue weighted by molar-refractivity contribution is 7.95. The first-order chi connectivity index (χ1) is 13.5. The summed E-state index contributed by atoms with van der Waals surface area (Å²) in [5.41, 5.74) is 3.65. The molecule has 2 aromatic rings. The molecular formula is C23H31O4S2+. The van der Waals surface area contributed by atoms with Crippen molar-refractivity contribution >= 4 is 21.0 Å². The number of hydrogen-bond acceptors (Lipinski definition) is 4. The van der Waals surface area contributed by atoms with Crippen LogP contribution in [0.1, 0.15) is 42.0 Å². The zero-order chi connectivity index (χ0) is 21.4. The van der Waals surface area contributed by atoms with Crippen LogP contribution in [0, 0.1) is 20.8 Å². The summed E-state index contributed by atoms with van der Waals surface area (Å²) < 4.78 is 37.5. The Hall–Kier alpha value is -1.66. The van der Waals surface area contributed by atoms with Crippen LogP contribution in [0.3, 0.4) is 0 Å². The van der Waals surface area contributed by atoms with Crippen LogP contribution in [0.4, 0.5) is 0 Å². The summed E-state index contributed by atoms with van der Waals surface area (Å²) >= 11 is 0. The average molecular weight is 436 g/mol. The molecule has 1 aliphatic heterocycles. The van der Waals surface area contributed by atoms with Crippen molar-refractivity contribution in [1.82, 2.24) is 0 Å². The van der Waals surface area contributed by atoms with E-state index in [1.54, 1.807) is 30.3 Å². The van der Waals surface area contributed by atoms with Crippen molar-refractivity contribution in [3.8, 4) is 11.5 Å². The lowest BCUT2D eigenvalue weighted by Crippen LogP contribution is -2.38. The number of ether oxygens (including phenoxy) is 1. The van der Waals surface area contributed by atoms with E-state index >= 15 is 0 Å². The van der Waals surface area contributed by atoms with Crippen LogP contribution in [-0.4, -0.2) is 32.3 Å². The minimum Gasteiger partial charge on any atom is -0.487 e. The molecule has 0 N–H and O–H groups in total. The van der Waals surface area contributed by atoms with Gasteiger partial charge in [-0.05, 0) is 80.8 Å². The Morgan fingerprint density at radius 1 is 1.14 bits per heavy atom. The molecule has 158 valence electrons. The predicted molar refractivity (Wildman–Crippen MR) is 121 cm³/mol. The summed E-state index contributed by atoms with van der Waals surface area (Å²) in [4.78, 5) is 0.163. The molecule has 0 bridgehead atoms. The molecule has 6 heteroatoms. The minimum absolute atomic E-state index is 0.163. The average Bonchev–Trinajstić information content (AvgIpc) is 2.64. The quantitative estimate of drug-likeness (QED) is 0.486. The Morgan fingerprint density at radius 2 is 1.79 bits per heavy atom. The van der Waals surface area contributed by atoms with Gasteiger partial charge >= 0.3 is 10.1 Å². The molecule has 1 unspecified atom stereocenters. The molecule has 4 nitrogen and oxygen atoms in total. The monoisotopic (exact) mass is 435 g/mol. The van der Waals surface area contributed by atoms with Gasteiger partial charge in [-0.3, -0.25) is 0 Å². The molecule has 0 aromatic heterocycles. The van der Waals surface area contributed by atoms with E-state index in [0.717, 1.165) is 53.0 Å². The van der Waals surface area contributed by atoms with Crippen molar-refractivity contribution in [2.45, 2.75) is 57.5 Å². The molecule has 0 saturated carbocycles. The predicted octanol–water partition coefficient (Wildman–Crippen LogP) is 4.73. The molecule has 0 aliphatic carbocycles. The van der Waals surface area contributed by atoms with Crippen LogP contribution < -0.4 is 8.92 Å². The number of rotatable bonds is 6. The van der Waals surface area contributed by atoms with Gasteiger partial charge in [0.25, 0.3) is 0 Å². The highest BCUT2D eigenvalue weighted by Gasteiger charge is 2.35. The Morgan fingerprint density at radius 3 is 2.41 bits per heavy atom. The molecule has 2 aromatic carbocycles. The van der Waals surface area contributed by atoms with Crippen LogP contribution in [0.25, 0.3) is 0 Å². The number of hydrogen-bond donors (Lipinski definition) is 0. The minimum atomic E-state index is -3.88.